The van der Waals surface area contributed by atoms with Gasteiger partial charge in [0.15, 0.2) is 0 Å². The molecule has 8 heteroatoms. The fourth-order valence-electron chi connectivity index (χ4n) is 4.75. The highest BCUT2D eigenvalue weighted by molar-refractivity contribution is 7.89. The van der Waals surface area contributed by atoms with Crippen molar-refractivity contribution in [3.05, 3.63) is 23.8 Å². The number of nitrogens with zero attached hydrogens (tertiary/aromatic N) is 1. The minimum absolute atomic E-state index is 0.0343. The molecule has 0 unspecified atom stereocenters. The lowest BCUT2D eigenvalue weighted by atomic mass is 9.87. The second-order valence-corrected chi connectivity index (χ2v) is 10.9. The first-order chi connectivity index (χ1) is 14.2. The first kappa shape index (κ1) is 23.0. The van der Waals surface area contributed by atoms with Crippen LogP contribution in [0.4, 0.5) is 0 Å². The Labute approximate surface area is 179 Å². The summed E-state index contributed by atoms with van der Waals surface area (Å²) in [6, 6.07) is 4.55. The van der Waals surface area contributed by atoms with Crippen LogP contribution in [0.3, 0.4) is 0 Å². The van der Waals surface area contributed by atoms with Gasteiger partial charge in [-0.2, -0.15) is 4.31 Å². The zero-order valence-electron chi connectivity index (χ0n) is 18.1. The molecule has 2 aliphatic rings. The molecule has 4 atom stereocenters. The fraction of sp³-hybridized carbons (Fsp3) is 0.682. The Kier molecular flexibility index (Phi) is 7.42. The number of nitrogens with one attached hydrogen (secondary N) is 1. The Morgan fingerprint density at radius 2 is 1.90 bits per heavy atom. The minimum atomic E-state index is -3.77. The minimum Gasteiger partial charge on any atom is -0.495 e. The Morgan fingerprint density at radius 1 is 1.20 bits per heavy atom. The van der Waals surface area contributed by atoms with E-state index in [2.05, 4.69) is 19.2 Å². The Morgan fingerprint density at radius 3 is 2.53 bits per heavy atom. The van der Waals surface area contributed by atoms with E-state index in [4.69, 9.17) is 4.74 Å². The Balaban J connectivity index is 1.78. The maximum absolute atomic E-state index is 13.4. The number of hydrogen-bond donors (Lipinski definition) is 2. The average Bonchev–Trinajstić information content (AvgIpc) is 2.71. The van der Waals surface area contributed by atoms with E-state index in [1.165, 1.54) is 17.5 Å². The van der Waals surface area contributed by atoms with Crippen LogP contribution in [0.15, 0.2) is 23.1 Å². The van der Waals surface area contributed by atoms with Crippen molar-refractivity contribution in [1.82, 2.24) is 9.62 Å². The van der Waals surface area contributed by atoms with E-state index in [9.17, 15) is 18.3 Å². The van der Waals surface area contributed by atoms with E-state index in [-0.39, 0.29) is 40.4 Å². The maximum Gasteiger partial charge on any atom is 0.251 e. The Hall–Kier alpha value is -1.64. The van der Waals surface area contributed by atoms with Gasteiger partial charge in [-0.1, -0.05) is 20.3 Å². The van der Waals surface area contributed by atoms with Crippen LogP contribution in [0.25, 0.3) is 0 Å². The van der Waals surface area contributed by atoms with Crippen molar-refractivity contribution in [1.29, 1.82) is 0 Å². The average molecular weight is 439 g/mol. The summed E-state index contributed by atoms with van der Waals surface area (Å²) < 4.78 is 33.5. The van der Waals surface area contributed by atoms with E-state index in [0.717, 1.165) is 25.7 Å². The van der Waals surface area contributed by atoms with E-state index < -0.39 is 10.0 Å². The zero-order chi connectivity index (χ0) is 21.9. The summed E-state index contributed by atoms with van der Waals surface area (Å²) in [7, 11) is -2.34. The lowest BCUT2D eigenvalue weighted by Gasteiger charge is -2.34. The van der Waals surface area contributed by atoms with Gasteiger partial charge < -0.3 is 15.2 Å². The monoisotopic (exact) mass is 438 g/mol. The van der Waals surface area contributed by atoms with Gasteiger partial charge in [-0.3, -0.25) is 4.79 Å². The number of methoxy groups -OCH3 is 1. The number of benzene rings is 1. The first-order valence-electron chi connectivity index (χ1n) is 10.8. The van der Waals surface area contributed by atoms with Crippen molar-refractivity contribution >= 4 is 15.9 Å². The van der Waals surface area contributed by atoms with E-state index in [1.54, 1.807) is 12.1 Å². The van der Waals surface area contributed by atoms with Crippen LogP contribution in [-0.2, 0) is 10.0 Å². The number of rotatable bonds is 6. The van der Waals surface area contributed by atoms with Gasteiger partial charge in [0, 0.05) is 25.2 Å². The summed E-state index contributed by atoms with van der Waals surface area (Å²) >= 11 is 0. The maximum atomic E-state index is 13.4. The van der Waals surface area contributed by atoms with E-state index in [0.29, 0.717) is 31.6 Å². The highest BCUT2D eigenvalue weighted by atomic mass is 32.2. The number of aliphatic hydroxyl groups is 1. The highest BCUT2D eigenvalue weighted by Gasteiger charge is 2.34. The van der Waals surface area contributed by atoms with Crippen LogP contribution in [0.2, 0.25) is 0 Å². The predicted octanol–water partition coefficient (Wildman–Crippen LogP) is 2.64. The number of ether oxygens (including phenoxy) is 1. The van der Waals surface area contributed by atoms with Crippen LogP contribution >= 0.6 is 0 Å². The lowest BCUT2D eigenvalue weighted by Crippen LogP contribution is -2.42. The largest absolute Gasteiger partial charge is 0.495 e. The van der Waals surface area contributed by atoms with Gasteiger partial charge in [-0.25, -0.2) is 8.42 Å². The molecular weight excluding hydrogens is 404 g/mol. The van der Waals surface area contributed by atoms with Crippen LogP contribution < -0.4 is 10.1 Å². The van der Waals surface area contributed by atoms with E-state index >= 15 is 0 Å². The molecule has 7 nitrogen and oxygen atoms in total. The molecule has 2 N–H and O–H groups in total. The summed E-state index contributed by atoms with van der Waals surface area (Å²) in [5.74, 6) is 0.747. The second kappa shape index (κ2) is 9.66. The molecular formula is C22H34N2O5S. The molecule has 1 aliphatic heterocycles. The van der Waals surface area contributed by atoms with Crippen LogP contribution in [-0.4, -0.2) is 56.6 Å². The first-order valence-corrected chi connectivity index (χ1v) is 12.3. The topological polar surface area (TPSA) is 95.9 Å². The molecule has 3 rings (SSSR count). The molecule has 0 bridgehead atoms. The van der Waals surface area contributed by atoms with Crippen molar-refractivity contribution in [2.75, 3.05) is 26.7 Å². The third-order valence-electron chi connectivity index (χ3n) is 6.19. The normalized spacial score (nSPS) is 28.1. The molecule has 0 radical (unpaired) electrons. The highest BCUT2D eigenvalue weighted by Crippen LogP contribution is 2.32. The third kappa shape index (κ3) is 5.34. The number of sulfonamides is 1. The summed E-state index contributed by atoms with van der Waals surface area (Å²) in [6.07, 6.45) is 4.14. The number of amides is 1. The molecule has 1 heterocycles. The number of hydrogen-bond acceptors (Lipinski definition) is 5. The molecule has 1 aromatic carbocycles. The molecule has 168 valence electrons. The van der Waals surface area contributed by atoms with Crippen molar-refractivity contribution in [3.8, 4) is 5.75 Å². The van der Waals surface area contributed by atoms with Crippen molar-refractivity contribution in [2.24, 2.45) is 17.8 Å². The quantitative estimate of drug-likeness (QED) is 0.712. The number of piperidine rings is 1. The number of carbonyl (C=O) groups excluding carboxylic acids is 1. The smallest absolute Gasteiger partial charge is 0.251 e. The fourth-order valence-corrected chi connectivity index (χ4v) is 6.61. The summed E-state index contributed by atoms with van der Waals surface area (Å²) in [5, 5.41) is 12.7. The van der Waals surface area contributed by atoms with Crippen molar-refractivity contribution < 1.29 is 23.1 Å². The van der Waals surface area contributed by atoms with Crippen LogP contribution in [0.5, 0.6) is 5.75 Å². The Bertz CT molecular complexity index is 847. The van der Waals surface area contributed by atoms with Crippen LogP contribution in [0.1, 0.15) is 56.3 Å². The SMILES string of the molecule is COc1ccc(C(=O)NC[C@@H]2CCC[C@@H](O)C2)cc1S(=O)(=O)N1C[C@H](C)C[C@H](C)C1. The van der Waals surface area contributed by atoms with Gasteiger partial charge >= 0.3 is 0 Å². The zero-order valence-corrected chi connectivity index (χ0v) is 19.0. The summed E-state index contributed by atoms with van der Waals surface area (Å²) in [6.45, 7) is 5.53. The third-order valence-corrected chi connectivity index (χ3v) is 8.04. The van der Waals surface area contributed by atoms with E-state index in [1.807, 2.05) is 0 Å². The number of aliphatic hydroxyl groups excluding tert-OH is 1. The molecule has 1 aromatic rings. The van der Waals surface area contributed by atoms with Gasteiger partial charge in [0.05, 0.1) is 13.2 Å². The summed E-state index contributed by atoms with van der Waals surface area (Å²) in [5.41, 5.74) is 0.295. The number of carbonyl (C=O) groups is 1. The summed E-state index contributed by atoms with van der Waals surface area (Å²) in [4.78, 5) is 12.7. The molecule has 0 spiro atoms. The molecule has 1 saturated carbocycles. The van der Waals surface area contributed by atoms with Crippen LogP contribution in [0, 0.1) is 17.8 Å². The van der Waals surface area contributed by atoms with Gasteiger partial charge in [0.2, 0.25) is 10.0 Å². The van der Waals surface area contributed by atoms with Gasteiger partial charge in [-0.05, 0) is 61.6 Å². The molecule has 30 heavy (non-hydrogen) atoms. The van der Waals surface area contributed by atoms with Crippen molar-refractivity contribution in [3.63, 3.8) is 0 Å². The standard InChI is InChI=1S/C22H34N2O5S/c1-15-9-16(2)14-24(13-15)30(27,28)21-11-18(7-8-20(21)29-3)22(26)23-12-17-5-4-6-19(25)10-17/h7-8,11,15-17,19,25H,4-6,9-10,12-14H2,1-3H3,(H,23,26)/t15-,16+,17-,19-/m1/s1. The molecule has 1 saturated heterocycles. The van der Waals surface area contributed by atoms with Gasteiger partial charge in [-0.15, -0.1) is 0 Å². The lowest BCUT2D eigenvalue weighted by molar-refractivity contribution is 0.0873. The molecule has 1 aliphatic carbocycles. The van der Waals surface area contributed by atoms with Gasteiger partial charge in [0.25, 0.3) is 5.91 Å². The molecule has 2 fully saturated rings. The molecule has 0 aromatic heterocycles. The van der Waals surface area contributed by atoms with Crippen molar-refractivity contribution in [2.45, 2.75) is 57.0 Å². The predicted molar refractivity (Wildman–Crippen MR) is 115 cm³/mol. The molecule has 1 amide bonds. The van der Waals surface area contributed by atoms with Gasteiger partial charge in [0.1, 0.15) is 10.6 Å². The second-order valence-electron chi connectivity index (χ2n) is 9.03.